The van der Waals surface area contributed by atoms with Crippen LogP contribution >= 0.6 is 11.8 Å². The normalized spacial score (nSPS) is 12.5. The molecule has 2 heterocycles. The first-order valence-electron chi connectivity index (χ1n) is 9.44. The molecule has 3 aromatic rings. The number of hydrogen-bond donors (Lipinski definition) is 0. The topological polar surface area (TPSA) is 86.9 Å². The molecule has 152 valence electrons. The van der Waals surface area contributed by atoms with Gasteiger partial charge in [-0.15, -0.1) is 0 Å². The second-order valence-electron chi connectivity index (χ2n) is 7.42. The summed E-state index contributed by atoms with van der Waals surface area (Å²) in [6.07, 6.45) is 0. The highest BCUT2D eigenvalue weighted by molar-refractivity contribution is 8.00. The molecule has 29 heavy (non-hydrogen) atoms. The van der Waals surface area contributed by atoms with E-state index in [2.05, 4.69) is 9.97 Å². The molecule has 1 aromatic carbocycles. The predicted molar refractivity (Wildman–Crippen MR) is 115 cm³/mol. The van der Waals surface area contributed by atoms with E-state index in [1.54, 1.807) is 26.0 Å². The summed E-state index contributed by atoms with van der Waals surface area (Å²) in [5.41, 5.74) is 0.0684. The van der Waals surface area contributed by atoms with Crippen LogP contribution in [0.3, 0.4) is 0 Å². The lowest BCUT2D eigenvalue weighted by Crippen LogP contribution is -2.39. The number of carbonyl (C=O) groups excluding carboxylic acids is 1. The Morgan fingerprint density at radius 2 is 1.76 bits per heavy atom. The molecule has 2 aromatic heterocycles. The van der Waals surface area contributed by atoms with E-state index in [4.69, 9.17) is 0 Å². The number of hydrogen-bond acceptors (Lipinski definition) is 6. The predicted octanol–water partition coefficient (Wildman–Crippen LogP) is 2.82. The van der Waals surface area contributed by atoms with Crippen molar-refractivity contribution in [3.63, 3.8) is 0 Å². The number of nitrogens with zero attached hydrogens (tertiary/aromatic N) is 4. The minimum absolute atomic E-state index is 0.0488. The summed E-state index contributed by atoms with van der Waals surface area (Å²) in [5, 5.41) is 0.239. The van der Waals surface area contributed by atoms with Gasteiger partial charge in [0.1, 0.15) is 16.2 Å². The minimum Gasteiger partial charge on any atom is -0.293 e. The first-order valence-corrected chi connectivity index (χ1v) is 10.3. The molecule has 0 fully saturated rings. The Kier molecular flexibility index (Phi) is 6.02. The summed E-state index contributed by atoms with van der Waals surface area (Å²) >= 11 is 1.22. The monoisotopic (exact) mass is 412 g/mol. The van der Waals surface area contributed by atoms with Crippen LogP contribution in [0.2, 0.25) is 0 Å². The van der Waals surface area contributed by atoms with Crippen molar-refractivity contribution < 1.29 is 4.79 Å². The van der Waals surface area contributed by atoms with Gasteiger partial charge in [-0.1, -0.05) is 55.9 Å². The Morgan fingerprint density at radius 3 is 2.38 bits per heavy atom. The maximum absolute atomic E-state index is 12.9. The van der Waals surface area contributed by atoms with E-state index in [-0.39, 0.29) is 17.1 Å². The number of ketones is 1. The lowest BCUT2D eigenvalue weighted by atomic mass is 10.1. The van der Waals surface area contributed by atoms with Crippen LogP contribution < -0.4 is 11.2 Å². The Labute approximate surface area is 172 Å². The molecule has 1 unspecified atom stereocenters. The molecule has 0 spiro atoms. The first kappa shape index (κ1) is 21.0. The van der Waals surface area contributed by atoms with E-state index in [9.17, 15) is 14.4 Å². The van der Waals surface area contributed by atoms with Crippen molar-refractivity contribution in [1.29, 1.82) is 0 Å². The van der Waals surface area contributed by atoms with Crippen molar-refractivity contribution in [3.05, 3.63) is 62.6 Å². The van der Waals surface area contributed by atoms with Crippen molar-refractivity contribution >= 4 is 28.6 Å². The second kappa shape index (κ2) is 8.32. The van der Waals surface area contributed by atoms with Gasteiger partial charge in [-0.2, -0.15) is 0 Å². The molecule has 0 saturated heterocycles. The lowest BCUT2D eigenvalue weighted by molar-refractivity contribution is 0.0994. The van der Waals surface area contributed by atoms with Crippen LogP contribution in [0.15, 0.2) is 44.9 Å². The van der Waals surface area contributed by atoms with Gasteiger partial charge >= 0.3 is 5.69 Å². The lowest BCUT2D eigenvalue weighted by Gasteiger charge is -2.16. The average Bonchev–Trinajstić information content (AvgIpc) is 2.69. The van der Waals surface area contributed by atoms with Crippen LogP contribution in [0, 0.1) is 12.8 Å². The Balaban J connectivity index is 2.16. The molecule has 0 aliphatic carbocycles. The standard InChI is InChI=1S/C21H24N4O3S/c1-12(2)11-25-18-16(20(27)24(5)21(25)28)19(23-14(4)22-18)29-13(3)17(26)15-9-7-6-8-10-15/h6-10,12-13H,11H2,1-5H3. The average molecular weight is 413 g/mol. The summed E-state index contributed by atoms with van der Waals surface area (Å²) in [7, 11) is 1.45. The minimum atomic E-state index is -0.454. The zero-order valence-electron chi connectivity index (χ0n) is 17.2. The van der Waals surface area contributed by atoms with E-state index in [1.807, 2.05) is 32.0 Å². The largest absolute Gasteiger partial charge is 0.332 e. The molecule has 0 radical (unpaired) electrons. The first-order chi connectivity index (χ1) is 13.7. The van der Waals surface area contributed by atoms with Crippen LogP contribution in [0.1, 0.15) is 37.0 Å². The van der Waals surface area contributed by atoms with Crippen molar-refractivity contribution in [2.24, 2.45) is 13.0 Å². The molecule has 0 N–H and O–H groups in total. The van der Waals surface area contributed by atoms with E-state index in [0.717, 1.165) is 4.57 Å². The van der Waals surface area contributed by atoms with Gasteiger partial charge in [0.2, 0.25) is 0 Å². The van der Waals surface area contributed by atoms with Crippen LogP contribution in [0.4, 0.5) is 0 Å². The number of benzene rings is 1. The van der Waals surface area contributed by atoms with Gasteiger partial charge in [0, 0.05) is 19.2 Å². The molecule has 1 atom stereocenters. The van der Waals surface area contributed by atoms with E-state index in [1.165, 1.54) is 23.4 Å². The summed E-state index contributed by atoms with van der Waals surface area (Å²) < 4.78 is 2.60. The smallest absolute Gasteiger partial charge is 0.293 e. The third-order valence-electron chi connectivity index (χ3n) is 4.52. The highest BCUT2D eigenvalue weighted by Gasteiger charge is 2.23. The summed E-state index contributed by atoms with van der Waals surface area (Å²) in [6.45, 7) is 7.93. The number of aryl methyl sites for hydroxylation is 1. The second-order valence-corrected chi connectivity index (χ2v) is 8.75. The maximum Gasteiger partial charge on any atom is 0.332 e. The fourth-order valence-electron chi connectivity index (χ4n) is 3.11. The number of fused-ring (bicyclic) bond motifs is 1. The zero-order chi connectivity index (χ0) is 21.3. The van der Waals surface area contributed by atoms with Gasteiger partial charge in [0.05, 0.1) is 5.25 Å². The highest BCUT2D eigenvalue weighted by Crippen LogP contribution is 2.28. The zero-order valence-corrected chi connectivity index (χ0v) is 18.0. The quantitative estimate of drug-likeness (QED) is 0.352. The number of carbonyl (C=O) groups is 1. The van der Waals surface area contributed by atoms with E-state index >= 15 is 0 Å². The van der Waals surface area contributed by atoms with Gasteiger partial charge in [-0.25, -0.2) is 14.8 Å². The van der Waals surface area contributed by atoms with E-state index < -0.39 is 16.5 Å². The number of Topliss-reactive ketones (excluding diaryl/α,β-unsaturated/α-hetero) is 1. The fraction of sp³-hybridized carbons (Fsp3) is 0.381. The molecule has 0 bridgehead atoms. The van der Waals surface area contributed by atoms with Crippen molar-refractivity contribution in [3.8, 4) is 0 Å². The van der Waals surface area contributed by atoms with Gasteiger partial charge < -0.3 is 0 Å². The third kappa shape index (κ3) is 4.17. The Bertz CT molecular complexity index is 1180. The number of rotatable bonds is 6. The third-order valence-corrected chi connectivity index (χ3v) is 5.61. The molecule has 0 saturated carbocycles. The van der Waals surface area contributed by atoms with Gasteiger partial charge in [-0.3, -0.25) is 18.7 Å². The molecule has 8 heteroatoms. The Morgan fingerprint density at radius 1 is 1.10 bits per heavy atom. The van der Waals surface area contributed by atoms with Crippen molar-refractivity contribution in [2.45, 2.75) is 44.5 Å². The summed E-state index contributed by atoms with van der Waals surface area (Å²) in [6, 6.07) is 9.02. The van der Waals surface area contributed by atoms with Crippen LogP contribution in [-0.2, 0) is 13.6 Å². The number of aromatic nitrogens is 4. The van der Waals surface area contributed by atoms with Gasteiger partial charge in [-0.05, 0) is 19.8 Å². The fourth-order valence-corrected chi connectivity index (χ4v) is 4.17. The van der Waals surface area contributed by atoms with Gasteiger partial charge in [0.25, 0.3) is 5.56 Å². The Hall–Kier alpha value is -2.74. The molecular formula is C21H24N4O3S. The van der Waals surface area contributed by atoms with Crippen molar-refractivity contribution in [2.75, 3.05) is 0 Å². The maximum atomic E-state index is 12.9. The van der Waals surface area contributed by atoms with E-state index in [0.29, 0.717) is 28.6 Å². The molecule has 0 amide bonds. The molecular weight excluding hydrogens is 388 g/mol. The molecule has 0 aliphatic rings. The van der Waals surface area contributed by atoms with Gasteiger partial charge in [0.15, 0.2) is 11.4 Å². The van der Waals surface area contributed by atoms with Crippen LogP contribution in [0.25, 0.3) is 11.0 Å². The molecule has 3 rings (SSSR count). The number of thioether (sulfide) groups is 1. The summed E-state index contributed by atoms with van der Waals surface area (Å²) in [4.78, 5) is 47.2. The molecule has 0 aliphatic heterocycles. The van der Waals surface area contributed by atoms with Crippen LogP contribution in [0.5, 0.6) is 0 Å². The summed E-state index contributed by atoms with van der Waals surface area (Å²) in [5.74, 6) is 0.593. The van der Waals surface area contributed by atoms with Crippen molar-refractivity contribution in [1.82, 2.24) is 19.1 Å². The molecule has 7 nitrogen and oxygen atoms in total. The highest BCUT2D eigenvalue weighted by atomic mass is 32.2. The van der Waals surface area contributed by atoms with Crippen LogP contribution in [-0.4, -0.2) is 30.1 Å². The SMILES string of the molecule is Cc1nc(SC(C)C(=O)c2ccccc2)c2c(=O)n(C)c(=O)n(CC(C)C)c2n1.